The number of aromatic nitrogens is 1. The van der Waals surface area contributed by atoms with E-state index in [0.717, 1.165) is 16.1 Å². The van der Waals surface area contributed by atoms with Crippen molar-refractivity contribution in [3.63, 3.8) is 0 Å². The van der Waals surface area contributed by atoms with E-state index < -0.39 is 0 Å². The van der Waals surface area contributed by atoms with Crippen molar-refractivity contribution in [2.24, 2.45) is 0 Å². The number of thiazole rings is 1. The predicted octanol–water partition coefficient (Wildman–Crippen LogP) is 5.21. The van der Waals surface area contributed by atoms with E-state index in [1.54, 1.807) is 37.3 Å². The van der Waals surface area contributed by atoms with Crippen LogP contribution in [0.4, 0.5) is 5.69 Å². The first-order valence-electron chi connectivity index (χ1n) is 9.48. The molecule has 1 aliphatic heterocycles. The third-order valence-electron chi connectivity index (χ3n) is 5.12. The molecule has 3 aromatic rings. The molecule has 154 valence electrons. The van der Waals surface area contributed by atoms with Crippen molar-refractivity contribution >= 4 is 28.4 Å². The van der Waals surface area contributed by atoms with Crippen LogP contribution in [0.2, 0.25) is 0 Å². The van der Waals surface area contributed by atoms with Gasteiger partial charge in [-0.3, -0.25) is 5.41 Å². The molecule has 0 saturated heterocycles. The van der Waals surface area contributed by atoms with Crippen LogP contribution in [0.5, 0.6) is 11.5 Å². The highest BCUT2D eigenvalue weighted by Crippen LogP contribution is 2.40. The number of amidine groups is 1. The second kappa shape index (κ2) is 7.84. The molecule has 2 aromatic carbocycles. The van der Waals surface area contributed by atoms with Crippen molar-refractivity contribution < 1.29 is 14.6 Å². The lowest BCUT2D eigenvalue weighted by atomic mass is 10.1. The summed E-state index contributed by atoms with van der Waals surface area (Å²) in [7, 11) is 3.17. The van der Waals surface area contributed by atoms with Crippen molar-refractivity contribution in [2.75, 3.05) is 25.7 Å². The fourth-order valence-electron chi connectivity index (χ4n) is 3.50. The first-order valence-corrected chi connectivity index (χ1v) is 10.3. The SMILES string of the molecule is COc1ccc(OC)c(N2CC(O)=C(c3nc(-c4ccc(C)cc4)c(C)s3)C2=N)c1. The highest BCUT2D eigenvalue weighted by atomic mass is 32.1. The number of aryl methyl sites for hydroxylation is 2. The maximum absolute atomic E-state index is 10.7. The molecule has 0 spiro atoms. The highest BCUT2D eigenvalue weighted by Gasteiger charge is 2.33. The predicted molar refractivity (Wildman–Crippen MR) is 121 cm³/mol. The summed E-state index contributed by atoms with van der Waals surface area (Å²) >= 11 is 1.48. The average Bonchev–Trinajstić information content (AvgIpc) is 3.26. The van der Waals surface area contributed by atoms with Crippen molar-refractivity contribution in [1.82, 2.24) is 4.98 Å². The molecule has 0 saturated carbocycles. The number of aliphatic hydroxyl groups excluding tert-OH is 1. The van der Waals surface area contributed by atoms with E-state index in [2.05, 4.69) is 12.1 Å². The summed E-state index contributed by atoms with van der Waals surface area (Å²) in [6.07, 6.45) is 0. The van der Waals surface area contributed by atoms with Gasteiger partial charge in [-0.2, -0.15) is 0 Å². The number of anilines is 1. The number of rotatable bonds is 5. The number of hydrogen-bond donors (Lipinski definition) is 2. The van der Waals surface area contributed by atoms with E-state index in [-0.39, 0.29) is 18.1 Å². The van der Waals surface area contributed by atoms with E-state index in [9.17, 15) is 5.11 Å². The minimum absolute atomic E-state index is 0.120. The Morgan fingerprint density at radius 1 is 1.07 bits per heavy atom. The van der Waals surface area contributed by atoms with Crippen LogP contribution in [-0.2, 0) is 0 Å². The van der Waals surface area contributed by atoms with Crippen LogP contribution in [-0.4, -0.2) is 36.7 Å². The van der Waals surface area contributed by atoms with Crippen LogP contribution in [0, 0.1) is 19.3 Å². The Bertz CT molecular complexity index is 1150. The second-order valence-corrected chi connectivity index (χ2v) is 8.29. The number of aliphatic hydroxyl groups is 1. The fourth-order valence-corrected chi connectivity index (χ4v) is 4.50. The summed E-state index contributed by atoms with van der Waals surface area (Å²) < 4.78 is 10.8. The van der Waals surface area contributed by atoms with Gasteiger partial charge in [0.2, 0.25) is 0 Å². The number of ether oxygens (including phenoxy) is 2. The Kier molecular flexibility index (Phi) is 5.22. The number of benzene rings is 2. The molecule has 0 atom stereocenters. The molecule has 0 fully saturated rings. The van der Waals surface area contributed by atoms with Gasteiger partial charge in [-0.15, -0.1) is 11.3 Å². The van der Waals surface area contributed by atoms with Crippen LogP contribution in [0.3, 0.4) is 0 Å². The molecule has 2 heterocycles. The molecule has 0 radical (unpaired) electrons. The normalized spacial score (nSPS) is 13.9. The van der Waals surface area contributed by atoms with Gasteiger partial charge in [-0.25, -0.2) is 4.98 Å². The lowest BCUT2D eigenvalue weighted by Gasteiger charge is -2.21. The first-order chi connectivity index (χ1) is 14.4. The molecule has 0 bridgehead atoms. The lowest BCUT2D eigenvalue weighted by molar-refractivity contribution is 0.400. The molecule has 7 heteroatoms. The Labute approximate surface area is 179 Å². The molecule has 0 amide bonds. The molecular weight excluding hydrogens is 398 g/mol. The van der Waals surface area contributed by atoms with Gasteiger partial charge in [0.1, 0.15) is 28.1 Å². The van der Waals surface area contributed by atoms with E-state index in [1.165, 1.54) is 16.9 Å². The van der Waals surface area contributed by atoms with Crippen LogP contribution in [0.25, 0.3) is 16.8 Å². The summed E-state index contributed by atoms with van der Waals surface area (Å²) in [5, 5.41) is 20.1. The maximum atomic E-state index is 10.7. The standard InChI is InChI=1S/C23H23N3O3S/c1-13-5-7-15(8-6-13)21-14(2)30-23(25-21)20-18(27)12-26(22(20)24)17-11-16(28-3)9-10-19(17)29-4/h5-11,24,27H,12H2,1-4H3. The van der Waals surface area contributed by atoms with Crippen molar-refractivity contribution in [3.05, 3.63) is 63.7 Å². The van der Waals surface area contributed by atoms with Crippen LogP contribution < -0.4 is 14.4 Å². The molecule has 1 aromatic heterocycles. The Hall–Kier alpha value is -3.32. The van der Waals surface area contributed by atoms with Crippen molar-refractivity contribution in [3.8, 4) is 22.8 Å². The molecule has 1 aliphatic rings. The molecular formula is C23H23N3O3S. The zero-order valence-electron chi connectivity index (χ0n) is 17.3. The first kappa shape index (κ1) is 20.0. The molecule has 4 rings (SSSR count). The van der Waals surface area contributed by atoms with Gasteiger partial charge in [0, 0.05) is 16.5 Å². The van der Waals surface area contributed by atoms with E-state index in [0.29, 0.717) is 27.8 Å². The van der Waals surface area contributed by atoms with Crippen LogP contribution in [0.15, 0.2) is 48.2 Å². The van der Waals surface area contributed by atoms with E-state index >= 15 is 0 Å². The Morgan fingerprint density at radius 2 is 1.80 bits per heavy atom. The number of methoxy groups -OCH3 is 2. The van der Waals surface area contributed by atoms with Gasteiger partial charge in [0.25, 0.3) is 0 Å². The van der Waals surface area contributed by atoms with Crippen LogP contribution in [0.1, 0.15) is 15.4 Å². The maximum Gasteiger partial charge on any atom is 0.142 e. The van der Waals surface area contributed by atoms with Gasteiger partial charge < -0.3 is 19.5 Å². The second-order valence-electron chi connectivity index (χ2n) is 7.08. The average molecular weight is 422 g/mol. The summed E-state index contributed by atoms with van der Waals surface area (Å²) in [6, 6.07) is 13.6. The zero-order valence-corrected chi connectivity index (χ0v) is 18.1. The minimum Gasteiger partial charge on any atom is -0.510 e. The fraction of sp³-hybridized carbons (Fsp3) is 0.217. The minimum atomic E-state index is 0.120. The van der Waals surface area contributed by atoms with E-state index in [4.69, 9.17) is 19.9 Å². The smallest absolute Gasteiger partial charge is 0.142 e. The lowest BCUT2D eigenvalue weighted by Crippen LogP contribution is -2.26. The van der Waals surface area contributed by atoms with Gasteiger partial charge in [-0.1, -0.05) is 29.8 Å². The quantitative estimate of drug-likeness (QED) is 0.591. The molecule has 6 nitrogen and oxygen atoms in total. The number of nitrogens with one attached hydrogen (secondary N) is 1. The van der Waals surface area contributed by atoms with Gasteiger partial charge in [0.15, 0.2) is 0 Å². The summed E-state index contributed by atoms with van der Waals surface area (Å²) in [4.78, 5) is 7.52. The largest absolute Gasteiger partial charge is 0.510 e. The Balaban J connectivity index is 1.70. The Morgan fingerprint density at radius 3 is 2.47 bits per heavy atom. The topological polar surface area (TPSA) is 78.7 Å². The number of nitrogens with zero attached hydrogens (tertiary/aromatic N) is 2. The van der Waals surface area contributed by atoms with Crippen molar-refractivity contribution in [1.29, 1.82) is 5.41 Å². The summed E-state index contributed by atoms with van der Waals surface area (Å²) in [5.74, 6) is 1.56. The van der Waals surface area contributed by atoms with E-state index in [1.807, 2.05) is 26.0 Å². The molecule has 0 aliphatic carbocycles. The van der Waals surface area contributed by atoms with Gasteiger partial charge >= 0.3 is 0 Å². The van der Waals surface area contributed by atoms with Crippen LogP contribution >= 0.6 is 11.3 Å². The van der Waals surface area contributed by atoms with Crippen molar-refractivity contribution in [2.45, 2.75) is 13.8 Å². The molecule has 2 N–H and O–H groups in total. The summed E-state index contributed by atoms with van der Waals surface area (Å²) in [5.41, 5.74) is 4.20. The van der Waals surface area contributed by atoms with Gasteiger partial charge in [0.05, 0.1) is 37.7 Å². The molecule has 0 unspecified atom stereocenters. The molecule has 30 heavy (non-hydrogen) atoms. The zero-order chi connectivity index (χ0) is 21.4. The third kappa shape index (κ3) is 3.41. The monoisotopic (exact) mass is 421 g/mol. The third-order valence-corrected chi connectivity index (χ3v) is 6.10. The van der Waals surface area contributed by atoms with Gasteiger partial charge in [-0.05, 0) is 26.0 Å². The summed E-state index contributed by atoms with van der Waals surface area (Å²) in [6.45, 7) is 4.23. The number of hydrogen-bond acceptors (Lipinski definition) is 6. The highest BCUT2D eigenvalue weighted by molar-refractivity contribution is 7.13.